The van der Waals surface area contributed by atoms with Crippen molar-refractivity contribution in [2.75, 3.05) is 6.54 Å². The Bertz CT molecular complexity index is 819. The van der Waals surface area contributed by atoms with E-state index in [0.717, 1.165) is 17.7 Å². The van der Waals surface area contributed by atoms with Crippen molar-refractivity contribution < 1.29 is 18.1 Å². The van der Waals surface area contributed by atoms with E-state index in [0.29, 0.717) is 13.0 Å². The second-order valence-corrected chi connectivity index (χ2v) is 8.35. The predicted octanol–water partition coefficient (Wildman–Crippen LogP) is 3.06. The lowest BCUT2D eigenvalue weighted by Gasteiger charge is -2.29. The normalized spacial score (nSPS) is 13.3. The summed E-state index contributed by atoms with van der Waals surface area (Å²) >= 11 is 0. The lowest BCUT2D eigenvalue weighted by Crippen LogP contribution is -2.38. The Morgan fingerprint density at radius 2 is 1.73 bits per heavy atom. The van der Waals surface area contributed by atoms with Crippen molar-refractivity contribution >= 4 is 10.1 Å². The van der Waals surface area contributed by atoms with Gasteiger partial charge in [0.15, 0.2) is 0 Å². The van der Waals surface area contributed by atoms with Crippen LogP contribution in [0.2, 0.25) is 0 Å². The largest absolute Gasteiger partial charge is 0.391 e. The smallest absolute Gasteiger partial charge is 0.294 e. The number of aliphatic hydroxyl groups excluding tert-OH is 1. The van der Waals surface area contributed by atoms with Crippen molar-refractivity contribution in [2.45, 2.75) is 50.8 Å². The monoisotopic (exact) mass is 377 g/mol. The van der Waals surface area contributed by atoms with E-state index in [4.69, 9.17) is 0 Å². The minimum Gasteiger partial charge on any atom is -0.391 e. The van der Waals surface area contributed by atoms with Crippen LogP contribution in [0.25, 0.3) is 0 Å². The lowest BCUT2D eigenvalue weighted by atomic mass is 10.0. The molecular weight excluding hydrogens is 350 g/mol. The number of hydrogen-bond donors (Lipinski definition) is 2. The zero-order valence-electron chi connectivity index (χ0n) is 15.5. The lowest BCUT2D eigenvalue weighted by molar-refractivity contribution is 0.0907. The maximum absolute atomic E-state index is 11.3. The van der Waals surface area contributed by atoms with Gasteiger partial charge in [-0.15, -0.1) is 0 Å². The molecule has 0 saturated carbocycles. The maximum Gasteiger partial charge on any atom is 0.294 e. The van der Waals surface area contributed by atoms with Crippen LogP contribution >= 0.6 is 0 Å². The molecule has 0 bridgehead atoms. The summed E-state index contributed by atoms with van der Waals surface area (Å²) in [7, 11) is -4.25. The molecule has 0 aliphatic rings. The van der Waals surface area contributed by atoms with Crippen molar-refractivity contribution in [3.05, 3.63) is 65.2 Å². The zero-order chi connectivity index (χ0) is 19.3. The van der Waals surface area contributed by atoms with E-state index in [1.807, 2.05) is 25.1 Å². The highest BCUT2D eigenvalue weighted by Gasteiger charge is 2.18. The number of aliphatic hydroxyl groups is 1. The quantitative estimate of drug-likeness (QED) is 0.692. The molecule has 0 heterocycles. The average molecular weight is 378 g/mol. The second-order valence-electron chi connectivity index (χ2n) is 6.93. The van der Waals surface area contributed by atoms with Crippen LogP contribution in [0.1, 0.15) is 30.5 Å². The Morgan fingerprint density at radius 3 is 2.31 bits per heavy atom. The Labute approximate surface area is 156 Å². The first-order chi connectivity index (χ1) is 12.2. The number of aryl methyl sites for hydroxylation is 1. The summed E-state index contributed by atoms with van der Waals surface area (Å²) in [5, 5.41) is 10.6. The number of benzene rings is 2. The van der Waals surface area contributed by atoms with Crippen LogP contribution in [0, 0.1) is 6.92 Å². The predicted molar refractivity (Wildman–Crippen MR) is 103 cm³/mol. The molecule has 1 unspecified atom stereocenters. The van der Waals surface area contributed by atoms with Gasteiger partial charge in [-0.25, -0.2) is 0 Å². The van der Waals surface area contributed by atoms with E-state index in [2.05, 4.69) is 30.9 Å². The van der Waals surface area contributed by atoms with Crippen molar-refractivity contribution in [3.8, 4) is 0 Å². The summed E-state index contributed by atoms with van der Waals surface area (Å²) < 4.78 is 31.9. The highest BCUT2D eigenvalue weighted by atomic mass is 32.2. The first kappa shape index (κ1) is 20.6. The van der Waals surface area contributed by atoms with E-state index in [1.165, 1.54) is 17.7 Å². The molecule has 0 aliphatic carbocycles. The molecule has 0 spiro atoms. The summed E-state index contributed by atoms with van der Waals surface area (Å²) in [6.07, 6.45) is -0.316. The summed E-state index contributed by atoms with van der Waals surface area (Å²) in [4.78, 5) is 2.04. The van der Waals surface area contributed by atoms with Gasteiger partial charge >= 0.3 is 0 Å². The van der Waals surface area contributed by atoms with Gasteiger partial charge in [-0.05, 0) is 56.0 Å². The maximum atomic E-state index is 11.3. The van der Waals surface area contributed by atoms with Gasteiger partial charge in [-0.3, -0.25) is 9.45 Å². The molecule has 0 radical (unpaired) electrons. The van der Waals surface area contributed by atoms with E-state index >= 15 is 0 Å². The van der Waals surface area contributed by atoms with Crippen LogP contribution in [0.3, 0.4) is 0 Å². The fourth-order valence-electron chi connectivity index (χ4n) is 2.89. The van der Waals surface area contributed by atoms with Crippen LogP contribution in [-0.4, -0.2) is 41.7 Å². The van der Waals surface area contributed by atoms with Crippen LogP contribution in [0.15, 0.2) is 53.4 Å². The Hall–Kier alpha value is -1.73. The van der Waals surface area contributed by atoms with Gasteiger partial charge in [0, 0.05) is 19.1 Å². The first-order valence-electron chi connectivity index (χ1n) is 8.70. The molecule has 0 aromatic heterocycles. The SMILES string of the molecule is Cc1ccc(S(=O)(=O)O)cc1CC(O)CN(Cc1ccccc1)C(C)C. The van der Waals surface area contributed by atoms with E-state index in [9.17, 15) is 18.1 Å². The number of nitrogens with zero attached hydrogens (tertiary/aromatic N) is 1. The highest BCUT2D eigenvalue weighted by Crippen LogP contribution is 2.18. The molecular formula is C20H27NO4S. The molecule has 0 fully saturated rings. The molecule has 0 saturated heterocycles. The van der Waals surface area contributed by atoms with E-state index in [-0.39, 0.29) is 10.9 Å². The first-order valence-corrected chi connectivity index (χ1v) is 10.1. The molecule has 142 valence electrons. The van der Waals surface area contributed by atoms with Crippen molar-refractivity contribution in [2.24, 2.45) is 0 Å². The summed E-state index contributed by atoms with van der Waals surface area (Å²) in [6.45, 7) is 7.24. The molecule has 1 atom stereocenters. The molecule has 2 rings (SSSR count). The van der Waals surface area contributed by atoms with Gasteiger partial charge < -0.3 is 5.11 Å². The Balaban J connectivity index is 2.09. The van der Waals surface area contributed by atoms with Crippen LogP contribution < -0.4 is 0 Å². The third-order valence-electron chi connectivity index (χ3n) is 4.48. The molecule has 2 N–H and O–H groups in total. The van der Waals surface area contributed by atoms with Crippen molar-refractivity contribution in [3.63, 3.8) is 0 Å². The third kappa shape index (κ3) is 5.92. The minimum absolute atomic E-state index is 0.143. The third-order valence-corrected chi connectivity index (χ3v) is 5.33. The van der Waals surface area contributed by atoms with E-state index < -0.39 is 16.2 Å². The molecule has 5 nitrogen and oxygen atoms in total. The average Bonchev–Trinajstić information content (AvgIpc) is 2.56. The fourth-order valence-corrected chi connectivity index (χ4v) is 3.42. The molecule has 26 heavy (non-hydrogen) atoms. The summed E-state index contributed by atoms with van der Waals surface area (Å²) in [5.74, 6) is 0. The molecule has 2 aromatic carbocycles. The second kappa shape index (κ2) is 8.77. The Morgan fingerprint density at radius 1 is 1.08 bits per heavy atom. The van der Waals surface area contributed by atoms with Gasteiger partial charge in [0.05, 0.1) is 11.0 Å². The van der Waals surface area contributed by atoms with Crippen molar-refractivity contribution in [1.29, 1.82) is 0 Å². The number of rotatable bonds is 8. The molecule has 0 aliphatic heterocycles. The van der Waals surface area contributed by atoms with Crippen LogP contribution in [0.4, 0.5) is 0 Å². The van der Waals surface area contributed by atoms with E-state index in [1.54, 1.807) is 6.07 Å². The molecule has 6 heteroatoms. The van der Waals surface area contributed by atoms with Crippen LogP contribution in [0.5, 0.6) is 0 Å². The van der Waals surface area contributed by atoms with Crippen molar-refractivity contribution in [1.82, 2.24) is 4.90 Å². The van der Waals surface area contributed by atoms with Gasteiger partial charge in [0.1, 0.15) is 0 Å². The van der Waals surface area contributed by atoms with Gasteiger partial charge in [0.2, 0.25) is 0 Å². The Kier molecular flexibility index (Phi) is 6.94. The fraction of sp³-hybridized carbons (Fsp3) is 0.400. The zero-order valence-corrected chi connectivity index (χ0v) is 16.3. The summed E-state index contributed by atoms with van der Waals surface area (Å²) in [6, 6.07) is 14.8. The van der Waals surface area contributed by atoms with Gasteiger partial charge in [0.25, 0.3) is 10.1 Å². The van der Waals surface area contributed by atoms with Gasteiger partial charge in [-0.1, -0.05) is 36.4 Å². The number of hydrogen-bond acceptors (Lipinski definition) is 4. The molecule has 2 aromatic rings. The van der Waals surface area contributed by atoms with Crippen LogP contribution in [-0.2, 0) is 23.1 Å². The standard InChI is InChI=1S/C20H27NO4S/c1-15(2)21(13-17-7-5-4-6-8-17)14-19(22)11-18-12-20(26(23,24)25)10-9-16(18)3/h4-10,12,15,19,22H,11,13-14H2,1-3H3,(H,23,24,25). The topological polar surface area (TPSA) is 77.8 Å². The minimum atomic E-state index is -4.25. The van der Waals surface area contributed by atoms with Gasteiger partial charge in [-0.2, -0.15) is 8.42 Å². The highest BCUT2D eigenvalue weighted by molar-refractivity contribution is 7.85. The molecule has 0 amide bonds. The summed E-state index contributed by atoms with van der Waals surface area (Å²) in [5.41, 5.74) is 2.78.